The lowest BCUT2D eigenvalue weighted by Gasteiger charge is -2.21. The second kappa shape index (κ2) is 11.1. The number of ether oxygens (including phenoxy) is 1. The summed E-state index contributed by atoms with van der Waals surface area (Å²) in [6, 6.07) is 13.1. The lowest BCUT2D eigenvalue weighted by atomic mass is 10.2. The predicted octanol–water partition coefficient (Wildman–Crippen LogP) is 3.89. The maximum absolute atomic E-state index is 12.4. The first kappa shape index (κ1) is 22.3. The molecular weight excluding hydrogens is 380 g/mol. The monoisotopic (exact) mass is 405 g/mol. The number of nitrogens with one attached hydrogen (secondary N) is 2. The van der Waals surface area contributed by atoms with Crippen LogP contribution in [0.25, 0.3) is 0 Å². The number of anilines is 2. The van der Waals surface area contributed by atoms with Gasteiger partial charge < -0.3 is 15.4 Å². The van der Waals surface area contributed by atoms with Gasteiger partial charge in [0, 0.05) is 11.4 Å². The molecule has 0 atom stereocenters. The summed E-state index contributed by atoms with van der Waals surface area (Å²) < 4.78 is 28.6. The summed E-state index contributed by atoms with van der Waals surface area (Å²) in [6.07, 6.45) is 0.782. The summed E-state index contributed by atoms with van der Waals surface area (Å²) in [5, 5.41) is 5.54. The Hall–Kier alpha value is -3.00. The second-order valence-corrected chi connectivity index (χ2v) is 6.52. The van der Waals surface area contributed by atoms with Gasteiger partial charge in [-0.05, 0) is 55.8 Å². The minimum absolute atomic E-state index is 0.0125. The first-order valence-corrected chi connectivity index (χ1v) is 9.30. The average Bonchev–Trinajstić information content (AvgIpc) is 2.65. The van der Waals surface area contributed by atoms with Crippen LogP contribution in [0, 0.1) is 6.92 Å². The molecule has 0 aromatic heterocycles. The molecule has 29 heavy (non-hydrogen) atoms. The number of benzene rings is 2. The summed E-state index contributed by atoms with van der Waals surface area (Å²) in [6.45, 7) is 1.66. The molecule has 2 amide bonds. The number of rotatable bonds is 10. The van der Waals surface area contributed by atoms with Gasteiger partial charge in [0.1, 0.15) is 5.75 Å². The van der Waals surface area contributed by atoms with E-state index in [9.17, 15) is 18.4 Å². The van der Waals surface area contributed by atoms with E-state index in [0.29, 0.717) is 12.2 Å². The van der Waals surface area contributed by atoms with Gasteiger partial charge in [-0.15, -0.1) is 0 Å². The normalized spacial score (nSPS) is 10.8. The predicted molar refractivity (Wildman–Crippen MR) is 108 cm³/mol. The fourth-order valence-corrected chi connectivity index (χ4v) is 2.76. The summed E-state index contributed by atoms with van der Waals surface area (Å²) in [5.41, 5.74) is 2.15. The molecule has 0 aliphatic rings. The molecule has 0 saturated heterocycles. The highest BCUT2D eigenvalue weighted by molar-refractivity contribution is 5.95. The van der Waals surface area contributed by atoms with Crippen molar-refractivity contribution in [2.45, 2.75) is 26.9 Å². The van der Waals surface area contributed by atoms with Crippen LogP contribution in [0.3, 0.4) is 0 Å². The summed E-state index contributed by atoms with van der Waals surface area (Å²) in [5.74, 6) is -0.489. The number of carbonyl (C=O) groups is 2. The number of aryl methyl sites for hydroxylation is 1. The molecule has 2 rings (SSSR count). The van der Waals surface area contributed by atoms with Gasteiger partial charge in [0.25, 0.3) is 0 Å². The molecule has 0 heterocycles. The molecule has 0 unspecified atom stereocenters. The van der Waals surface area contributed by atoms with E-state index in [0.717, 1.165) is 17.7 Å². The van der Waals surface area contributed by atoms with Crippen LogP contribution in [0.15, 0.2) is 48.5 Å². The van der Waals surface area contributed by atoms with Crippen molar-refractivity contribution in [1.82, 2.24) is 4.90 Å². The first-order valence-electron chi connectivity index (χ1n) is 9.30. The Labute approximate surface area is 168 Å². The van der Waals surface area contributed by atoms with Crippen molar-refractivity contribution < 1.29 is 23.1 Å². The van der Waals surface area contributed by atoms with Crippen LogP contribution in [0.5, 0.6) is 5.75 Å². The van der Waals surface area contributed by atoms with Crippen molar-refractivity contribution in [2.24, 2.45) is 0 Å². The first-order chi connectivity index (χ1) is 13.9. The van der Waals surface area contributed by atoms with Crippen molar-refractivity contribution in [1.29, 1.82) is 0 Å². The molecular formula is C21H25F2N3O3. The van der Waals surface area contributed by atoms with E-state index in [-0.39, 0.29) is 30.7 Å². The van der Waals surface area contributed by atoms with Crippen molar-refractivity contribution in [3.8, 4) is 5.75 Å². The minimum Gasteiger partial charge on any atom is -0.435 e. The fourth-order valence-electron chi connectivity index (χ4n) is 2.76. The second-order valence-electron chi connectivity index (χ2n) is 6.52. The molecule has 0 aliphatic heterocycles. The fraction of sp³-hybridized carbons (Fsp3) is 0.333. The number of hydrogen-bond acceptors (Lipinski definition) is 4. The molecule has 0 bridgehead atoms. The Balaban J connectivity index is 1.89. The van der Waals surface area contributed by atoms with E-state index in [1.54, 1.807) is 4.90 Å². The molecule has 0 radical (unpaired) electrons. The van der Waals surface area contributed by atoms with Gasteiger partial charge in [-0.2, -0.15) is 8.78 Å². The molecule has 0 spiro atoms. The SMILES string of the molecule is CCCN(CC(=O)Nc1ccc(OC(F)F)cc1)CC(=O)Nc1ccccc1C. The molecule has 156 valence electrons. The Morgan fingerprint density at radius 1 is 1.00 bits per heavy atom. The van der Waals surface area contributed by atoms with Crippen molar-refractivity contribution in [3.05, 3.63) is 54.1 Å². The number of halogens is 2. The van der Waals surface area contributed by atoms with E-state index in [2.05, 4.69) is 15.4 Å². The number of hydrogen-bond donors (Lipinski definition) is 2. The number of nitrogens with zero attached hydrogens (tertiary/aromatic N) is 1. The lowest BCUT2D eigenvalue weighted by Crippen LogP contribution is -2.39. The van der Waals surface area contributed by atoms with E-state index >= 15 is 0 Å². The van der Waals surface area contributed by atoms with Crippen LogP contribution in [-0.2, 0) is 9.59 Å². The quantitative estimate of drug-likeness (QED) is 0.629. The Bertz CT molecular complexity index is 813. The van der Waals surface area contributed by atoms with E-state index in [4.69, 9.17) is 0 Å². The highest BCUT2D eigenvalue weighted by Crippen LogP contribution is 2.18. The Morgan fingerprint density at radius 2 is 1.62 bits per heavy atom. The number of carbonyl (C=O) groups excluding carboxylic acids is 2. The highest BCUT2D eigenvalue weighted by atomic mass is 19.3. The van der Waals surface area contributed by atoms with Crippen LogP contribution >= 0.6 is 0 Å². The molecule has 2 N–H and O–H groups in total. The summed E-state index contributed by atoms with van der Waals surface area (Å²) in [7, 11) is 0. The maximum Gasteiger partial charge on any atom is 0.387 e. The van der Waals surface area contributed by atoms with Crippen molar-refractivity contribution in [2.75, 3.05) is 30.3 Å². The molecule has 0 fully saturated rings. The van der Waals surface area contributed by atoms with Gasteiger partial charge in [0.15, 0.2) is 0 Å². The van der Waals surface area contributed by atoms with Gasteiger partial charge >= 0.3 is 6.61 Å². The van der Waals surface area contributed by atoms with Gasteiger partial charge in [0.05, 0.1) is 13.1 Å². The largest absolute Gasteiger partial charge is 0.435 e. The van der Waals surface area contributed by atoms with Crippen LogP contribution in [0.1, 0.15) is 18.9 Å². The average molecular weight is 405 g/mol. The van der Waals surface area contributed by atoms with Gasteiger partial charge in [-0.3, -0.25) is 14.5 Å². The van der Waals surface area contributed by atoms with Crippen molar-refractivity contribution >= 4 is 23.2 Å². The highest BCUT2D eigenvalue weighted by Gasteiger charge is 2.15. The Kier molecular flexibility index (Phi) is 8.54. The zero-order valence-corrected chi connectivity index (χ0v) is 16.5. The summed E-state index contributed by atoms with van der Waals surface area (Å²) in [4.78, 5) is 26.4. The lowest BCUT2D eigenvalue weighted by molar-refractivity contribution is -0.120. The Morgan fingerprint density at radius 3 is 2.21 bits per heavy atom. The van der Waals surface area contributed by atoms with E-state index in [1.807, 2.05) is 38.1 Å². The topological polar surface area (TPSA) is 70.7 Å². The molecule has 2 aromatic rings. The number of para-hydroxylation sites is 1. The van der Waals surface area contributed by atoms with Crippen LogP contribution in [0.4, 0.5) is 20.2 Å². The minimum atomic E-state index is -2.90. The number of amides is 2. The third-order valence-corrected chi connectivity index (χ3v) is 4.06. The van der Waals surface area contributed by atoms with E-state index < -0.39 is 6.61 Å². The zero-order chi connectivity index (χ0) is 21.2. The standard InChI is InChI=1S/C21H25F2N3O3/c1-3-12-26(14-20(28)25-18-7-5-4-6-15(18)2)13-19(27)24-16-8-10-17(11-9-16)29-21(22)23/h4-11,21H,3,12-14H2,1-2H3,(H,24,27)(H,25,28). The zero-order valence-electron chi connectivity index (χ0n) is 16.5. The van der Waals surface area contributed by atoms with Crippen LogP contribution in [0.2, 0.25) is 0 Å². The molecule has 2 aromatic carbocycles. The van der Waals surface area contributed by atoms with Crippen LogP contribution in [-0.4, -0.2) is 43.0 Å². The molecule has 6 nitrogen and oxygen atoms in total. The smallest absolute Gasteiger partial charge is 0.387 e. The molecule has 0 aliphatic carbocycles. The number of alkyl halides is 2. The van der Waals surface area contributed by atoms with Crippen molar-refractivity contribution in [3.63, 3.8) is 0 Å². The van der Waals surface area contributed by atoms with Gasteiger partial charge in [0.2, 0.25) is 11.8 Å². The van der Waals surface area contributed by atoms with Gasteiger partial charge in [-0.1, -0.05) is 25.1 Å². The molecule has 0 saturated carbocycles. The molecule has 8 heteroatoms. The van der Waals surface area contributed by atoms with E-state index in [1.165, 1.54) is 24.3 Å². The third-order valence-electron chi connectivity index (χ3n) is 4.06. The van der Waals surface area contributed by atoms with Gasteiger partial charge in [-0.25, -0.2) is 0 Å². The summed E-state index contributed by atoms with van der Waals surface area (Å²) >= 11 is 0. The third kappa shape index (κ3) is 7.87. The maximum atomic E-state index is 12.4. The van der Waals surface area contributed by atoms with Crippen LogP contribution < -0.4 is 15.4 Å².